The Kier molecular flexibility index (Phi) is 6.14. The number of amides is 1. The van der Waals surface area contributed by atoms with Gasteiger partial charge in [0.05, 0.1) is 6.04 Å². The molecule has 26 heavy (non-hydrogen) atoms. The first kappa shape index (κ1) is 18.7. The number of fused-ring (bicyclic) bond motifs is 1. The molecule has 4 nitrogen and oxygen atoms in total. The van der Waals surface area contributed by atoms with Crippen LogP contribution in [0.1, 0.15) is 10.9 Å². The van der Waals surface area contributed by atoms with E-state index in [1.54, 1.807) is 23.5 Å². The fraction of sp³-hybridized carbons (Fsp3) is 0.250. The summed E-state index contributed by atoms with van der Waals surface area (Å²) in [6.45, 7) is 0.507. The van der Waals surface area contributed by atoms with Gasteiger partial charge in [-0.3, -0.25) is 4.79 Å². The van der Waals surface area contributed by atoms with Crippen LogP contribution in [0.3, 0.4) is 0 Å². The van der Waals surface area contributed by atoms with Crippen molar-refractivity contribution in [3.8, 4) is 5.75 Å². The van der Waals surface area contributed by atoms with Gasteiger partial charge in [-0.05, 0) is 37.7 Å². The molecular weight excluding hydrogens is 368 g/mol. The summed E-state index contributed by atoms with van der Waals surface area (Å²) in [5.74, 6) is 0.509. The first-order chi connectivity index (χ1) is 12.6. The number of halogens is 1. The van der Waals surface area contributed by atoms with E-state index in [2.05, 4.69) is 16.3 Å². The van der Waals surface area contributed by atoms with E-state index in [0.29, 0.717) is 17.3 Å². The second-order valence-corrected chi connectivity index (χ2v) is 7.57. The van der Waals surface area contributed by atoms with E-state index in [-0.39, 0.29) is 18.6 Å². The van der Waals surface area contributed by atoms with Crippen LogP contribution in [0.2, 0.25) is 5.02 Å². The Balaban J connectivity index is 1.60. The smallest absolute Gasteiger partial charge is 0.258 e. The number of thiophene rings is 1. The largest absolute Gasteiger partial charge is 0.483 e. The molecule has 1 aromatic heterocycles. The number of nitrogens with one attached hydrogen (secondary N) is 1. The predicted molar refractivity (Wildman–Crippen MR) is 108 cm³/mol. The van der Waals surface area contributed by atoms with Crippen LogP contribution in [0, 0.1) is 0 Å². The van der Waals surface area contributed by atoms with Crippen molar-refractivity contribution in [2.75, 3.05) is 27.2 Å². The van der Waals surface area contributed by atoms with Gasteiger partial charge in [0.15, 0.2) is 6.61 Å². The van der Waals surface area contributed by atoms with Crippen LogP contribution in [-0.4, -0.2) is 38.1 Å². The summed E-state index contributed by atoms with van der Waals surface area (Å²) in [7, 11) is 4.01. The van der Waals surface area contributed by atoms with Crippen LogP contribution in [0.4, 0.5) is 0 Å². The van der Waals surface area contributed by atoms with Crippen molar-refractivity contribution in [2.24, 2.45) is 0 Å². The third-order valence-corrected chi connectivity index (χ3v) is 5.48. The molecule has 1 atom stereocenters. The molecule has 0 saturated heterocycles. The van der Waals surface area contributed by atoms with Crippen molar-refractivity contribution in [1.29, 1.82) is 0 Å². The molecule has 0 saturated carbocycles. The molecule has 0 aliphatic carbocycles. The van der Waals surface area contributed by atoms with Gasteiger partial charge in [0.2, 0.25) is 0 Å². The topological polar surface area (TPSA) is 41.6 Å². The summed E-state index contributed by atoms with van der Waals surface area (Å²) in [4.78, 5) is 15.6. The van der Waals surface area contributed by atoms with Gasteiger partial charge in [0, 0.05) is 27.2 Å². The number of nitrogens with zero attached hydrogens (tertiary/aromatic N) is 1. The number of ether oxygens (including phenoxy) is 1. The molecule has 1 N–H and O–H groups in total. The molecule has 3 aromatic rings. The fourth-order valence-electron chi connectivity index (χ4n) is 2.78. The third-order valence-electron chi connectivity index (χ3n) is 4.18. The Morgan fingerprint density at radius 1 is 1.15 bits per heavy atom. The highest BCUT2D eigenvalue weighted by Crippen LogP contribution is 2.31. The van der Waals surface area contributed by atoms with E-state index in [4.69, 9.17) is 16.3 Å². The minimum atomic E-state index is -0.146. The van der Waals surface area contributed by atoms with E-state index < -0.39 is 0 Å². The first-order valence-corrected chi connectivity index (χ1v) is 9.58. The number of benzene rings is 2. The minimum absolute atomic E-state index is 0.0315. The molecule has 0 aliphatic rings. The van der Waals surface area contributed by atoms with Crippen molar-refractivity contribution in [1.82, 2.24) is 10.2 Å². The molecule has 1 heterocycles. The maximum atomic E-state index is 12.2. The maximum Gasteiger partial charge on any atom is 0.258 e. The Morgan fingerprint density at radius 3 is 2.62 bits per heavy atom. The van der Waals surface area contributed by atoms with Gasteiger partial charge < -0.3 is 15.0 Å². The summed E-state index contributed by atoms with van der Waals surface area (Å²) < 4.78 is 5.74. The van der Waals surface area contributed by atoms with Crippen LogP contribution >= 0.6 is 22.9 Å². The van der Waals surface area contributed by atoms with Gasteiger partial charge in [-0.15, -0.1) is 11.3 Å². The molecule has 3 rings (SSSR count). The van der Waals surface area contributed by atoms with Gasteiger partial charge in [0.25, 0.3) is 5.91 Å². The van der Waals surface area contributed by atoms with Gasteiger partial charge in [-0.2, -0.15) is 0 Å². The summed E-state index contributed by atoms with van der Waals surface area (Å²) >= 11 is 7.90. The molecule has 0 aliphatic heterocycles. The van der Waals surface area contributed by atoms with E-state index in [1.807, 2.05) is 49.8 Å². The van der Waals surface area contributed by atoms with Crippen molar-refractivity contribution in [3.63, 3.8) is 0 Å². The van der Waals surface area contributed by atoms with E-state index >= 15 is 0 Å². The molecule has 0 spiro atoms. The lowest BCUT2D eigenvalue weighted by atomic mass is 10.1. The van der Waals surface area contributed by atoms with Crippen LogP contribution in [0.15, 0.2) is 53.9 Å². The molecule has 6 heteroatoms. The molecule has 0 radical (unpaired) electrons. The Morgan fingerprint density at radius 2 is 1.92 bits per heavy atom. The summed E-state index contributed by atoms with van der Waals surface area (Å²) in [6.07, 6.45) is 0. The van der Waals surface area contributed by atoms with Crippen LogP contribution < -0.4 is 10.1 Å². The highest BCUT2D eigenvalue weighted by molar-refractivity contribution is 7.10. The van der Waals surface area contributed by atoms with Crippen molar-refractivity contribution < 1.29 is 9.53 Å². The molecule has 2 aromatic carbocycles. The zero-order chi connectivity index (χ0) is 18.5. The van der Waals surface area contributed by atoms with E-state index in [9.17, 15) is 4.79 Å². The van der Waals surface area contributed by atoms with Crippen LogP contribution in [0.25, 0.3) is 10.8 Å². The van der Waals surface area contributed by atoms with Crippen LogP contribution in [-0.2, 0) is 4.79 Å². The maximum absolute atomic E-state index is 12.2. The quantitative estimate of drug-likeness (QED) is 0.654. The molecule has 0 bridgehead atoms. The third kappa shape index (κ3) is 4.36. The summed E-state index contributed by atoms with van der Waals surface area (Å²) in [5, 5.41) is 7.48. The number of hydrogen-bond acceptors (Lipinski definition) is 4. The molecule has 0 unspecified atom stereocenters. The Labute approximate surface area is 162 Å². The van der Waals surface area contributed by atoms with E-state index in [1.165, 1.54) is 4.88 Å². The van der Waals surface area contributed by atoms with Gasteiger partial charge in [-0.1, -0.05) is 41.9 Å². The number of likely N-dealkylation sites (N-methyl/N-ethyl adjacent to an activating group) is 1. The molecule has 1 amide bonds. The lowest BCUT2D eigenvalue weighted by Crippen LogP contribution is -2.36. The first-order valence-electron chi connectivity index (χ1n) is 8.33. The molecule has 136 valence electrons. The Bertz CT molecular complexity index is 881. The van der Waals surface area contributed by atoms with Crippen molar-refractivity contribution in [3.05, 3.63) is 63.8 Å². The molecule has 0 fully saturated rings. The van der Waals surface area contributed by atoms with Gasteiger partial charge in [0.1, 0.15) is 5.75 Å². The van der Waals surface area contributed by atoms with Crippen molar-refractivity contribution in [2.45, 2.75) is 6.04 Å². The monoisotopic (exact) mass is 388 g/mol. The second-order valence-electron chi connectivity index (χ2n) is 6.18. The minimum Gasteiger partial charge on any atom is -0.483 e. The summed E-state index contributed by atoms with van der Waals surface area (Å²) in [6, 6.07) is 15.6. The lowest BCUT2D eigenvalue weighted by molar-refractivity contribution is -0.123. The average molecular weight is 389 g/mol. The number of hydrogen-bond donors (Lipinski definition) is 1. The van der Waals surface area contributed by atoms with Crippen molar-refractivity contribution >= 4 is 39.6 Å². The highest BCUT2D eigenvalue weighted by Gasteiger charge is 2.16. The fourth-order valence-corrected chi connectivity index (χ4v) is 3.93. The van der Waals surface area contributed by atoms with Gasteiger partial charge >= 0.3 is 0 Å². The number of rotatable bonds is 7. The standard InChI is InChI=1S/C20H21ClN2O2S/c1-23(2)17(19-8-5-11-26-19)12-22-20(24)13-25-18-10-9-16(21)14-6-3-4-7-15(14)18/h3-11,17H,12-13H2,1-2H3,(H,22,24)/t17-/m0/s1. The van der Waals surface area contributed by atoms with Gasteiger partial charge in [-0.25, -0.2) is 0 Å². The summed E-state index contributed by atoms with van der Waals surface area (Å²) in [5.41, 5.74) is 0. The Hall–Kier alpha value is -2.08. The zero-order valence-electron chi connectivity index (χ0n) is 14.7. The molecular formula is C20H21ClN2O2S. The lowest BCUT2D eigenvalue weighted by Gasteiger charge is -2.23. The highest BCUT2D eigenvalue weighted by atomic mass is 35.5. The SMILES string of the molecule is CN(C)[C@@H](CNC(=O)COc1ccc(Cl)c2ccccc12)c1cccs1. The normalized spacial score (nSPS) is 12.3. The second kappa shape index (κ2) is 8.54. The number of carbonyl (C=O) groups is 1. The average Bonchev–Trinajstić information content (AvgIpc) is 3.15. The predicted octanol–water partition coefficient (Wildman–Crippen LogP) is 4.35. The number of carbonyl (C=O) groups excluding carboxylic acids is 1. The van der Waals surface area contributed by atoms with E-state index in [0.717, 1.165) is 10.8 Å². The zero-order valence-corrected chi connectivity index (χ0v) is 16.3. The van der Waals surface area contributed by atoms with Crippen LogP contribution in [0.5, 0.6) is 5.75 Å².